The lowest BCUT2D eigenvalue weighted by Crippen LogP contribution is -2.31. The average Bonchev–Trinajstić information content (AvgIpc) is 3.29. The summed E-state index contributed by atoms with van der Waals surface area (Å²) in [4.78, 5) is 30.1. The molecule has 0 aliphatic carbocycles. The van der Waals surface area contributed by atoms with Gasteiger partial charge < -0.3 is 10.3 Å². The molecule has 1 aliphatic rings. The summed E-state index contributed by atoms with van der Waals surface area (Å²) in [5.74, 6) is -0.478. The second kappa shape index (κ2) is 10.1. The predicted molar refractivity (Wildman–Crippen MR) is 131 cm³/mol. The van der Waals surface area contributed by atoms with E-state index in [-0.39, 0.29) is 17.6 Å². The number of benzene rings is 2. The van der Waals surface area contributed by atoms with E-state index in [4.69, 9.17) is 12.2 Å². The Hall–Kier alpha value is -2.97. The molecule has 1 aromatic heterocycles. The Balaban J connectivity index is 1.22. The number of rotatable bonds is 8. The number of amides is 2. The van der Waals surface area contributed by atoms with Crippen molar-refractivity contribution in [3.8, 4) is 0 Å². The fourth-order valence-electron chi connectivity index (χ4n) is 3.57. The largest absolute Gasteiger partial charge is 0.361 e. The molecule has 0 bridgehead atoms. The maximum Gasteiger partial charge on any atom is 0.266 e. The molecule has 0 spiro atoms. The molecule has 0 atom stereocenters. The monoisotopic (exact) mass is 467 g/mol. The van der Waals surface area contributed by atoms with Crippen LogP contribution in [0.25, 0.3) is 17.0 Å². The van der Waals surface area contributed by atoms with Gasteiger partial charge in [-0.15, -0.1) is 0 Å². The standard InChI is InChI=1S/C24H22FN3O2S2/c25-18-8-9-20-19(14-18)17(15-27-20)10-11-26-22(29)7-4-12-28-23(30)21(32-24(28)31)13-16-5-2-1-3-6-16/h1-3,5-6,8-9,13-15,27H,4,7,10-12H2,(H,26,29). The van der Waals surface area contributed by atoms with Gasteiger partial charge in [0.15, 0.2) is 0 Å². The molecule has 5 nitrogen and oxygen atoms in total. The summed E-state index contributed by atoms with van der Waals surface area (Å²) in [6, 6.07) is 14.2. The summed E-state index contributed by atoms with van der Waals surface area (Å²) >= 11 is 6.64. The van der Waals surface area contributed by atoms with E-state index in [9.17, 15) is 14.0 Å². The zero-order valence-electron chi connectivity index (χ0n) is 17.3. The predicted octanol–water partition coefficient (Wildman–Crippen LogP) is 4.65. The van der Waals surface area contributed by atoms with E-state index >= 15 is 0 Å². The molecule has 8 heteroatoms. The van der Waals surface area contributed by atoms with Crippen LogP contribution in [0.5, 0.6) is 0 Å². The Labute approximate surface area is 195 Å². The zero-order valence-corrected chi connectivity index (χ0v) is 18.9. The fourth-order valence-corrected chi connectivity index (χ4v) is 4.88. The Bertz CT molecular complexity index is 1190. The van der Waals surface area contributed by atoms with E-state index < -0.39 is 0 Å². The molecule has 2 amide bonds. The normalized spacial score (nSPS) is 15.2. The van der Waals surface area contributed by atoms with Crippen LogP contribution in [0, 0.1) is 5.82 Å². The smallest absolute Gasteiger partial charge is 0.266 e. The first-order chi connectivity index (χ1) is 15.5. The Morgan fingerprint density at radius 2 is 2.03 bits per heavy atom. The van der Waals surface area contributed by atoms with Gasteiger partial charge in [0.2, 0.25) is 5.91 Å². The summed E-state index contributed by atoms with van der Waals surface area (Å²) in [5.41, 5.74) is 2.78. The van der Waals surface area contributed by atoms with Gasteiger partial charge in [0.1, 0.15) is 10.1 Å². The van der Waals surface area contributed by atoms with E-state index in [1.807, 2.05) is 42.6 Å². The minimum Gasteiger partial charge on any atom is -0.361 e. The molecule has 2 aromatic carbocycles. The van der Waals surface area contributed by atoms with Gasteiger partial charge in [-0.25, -0.2) is 4.39 Å². The van der Waals surface area contributed by atoms with Crippen LogP contribution in [-0.2, 0) is 16.0 Å². The first-order valence-electron chi connectivity index (χ1n) is 10.3. The van der Waals surface area contributed by atoms with Crippen LogP contribution < -0.4 is 5.32 Å². The van der Waals surface area contributed by atoms with E-state index in [1.165, 1.54) is 23.9 Å². The van der Waals surface area contributed by atoms with Gasteiger partial charge in [0.25, 0.3) is 5.91 Å². The van der Waals surface area contributed by atoms with Crippen molar-refractivity contribution in [2.24, 2.45) is 0 Å². The molecule has 32 heavy (non-hydrogen) atoms. The number of hydrogen-bond acceptors (Lipinski definition) is 4. The topological polar surface area (TPSA) is 65.2 Å². The summed E-state index contributed by atoms with van der Waals surface area (Å²) in [6.07, 6.45) is 5.11. The van der Waals surface area contributed by atoms with E-state index in [1.54, 1.807) is 11.0 Å². The van der Waals surface area contributed by atoms with Crippen molar-refractivity contribution in [1.29, 1.82) is 0 Å². The first kappa shape index (κ1) is 22.2. The second-order valence-corrected chi connectivity index (χ2v) is 9.13. The highest BCUT2D eigenvalue weighted by Crippen LogP contribution is 2.32. The molecular weight excluding hydrogens is 445 g/mol. The van der Waals surface area contributed by atoms with Gasteiger partial charge in [-0.1, -0.05) is 54.3 Å². The number of thioether (sulfide) groups is 1. The van der Waals surface area contributed by atoms with Crippen molar-refractivity contribution < 1.29 is 14.0 Å². The molecular formula is C24H22FN3O2S2. The van der Waals surface area contributed by atoms with Crippen LogP contribution in [0.15, 0.2) is 59.6 Å². The van der Waals surface area contributed by atoms with Gasteiger partial charge >= 0.3 is 0 Å². The number of thiocarbonyl (C=S) groups is 1. The minimum atomic E-state index is -0.281. The molecule has 2 heterocycles. The van der Waals surface area contributed by atoms with E-state index in [0.29, 0.717) is 41.6 Å². The van der Waals surface area contributed by atoms with E-state index in [2.05, 4.69) is 10.3 Å². The van der Waals surface area contributed by atoms with Crippen molar-refractivity contribution >= 4 is 57.1 Å². The third-order valence-electron chi connectivity index (χ3n) is 5.20. The van der Waals surface area contributed by atoms with Gasteiger partial charge in [0, 0.05) is 36.6 Å². The Kier molecular flexibility index (Phi) is 7.02. The van der Waals surface area contributed by atoms with Crippen LogP contribution in [0.1, 0.15) is 24.0 Å². The summed E-state index contributed by atoms with van der Waals surface area (Å²) in [7, 11) is 0. The number of H-pyrrole nitrogens is 1. The quantitative estimate of drug-likeness (QED) is 0.374. The molecule has 0 saturated carbocycles. The highest BCUT2D eigenvalue weighted by atomic mass is 32.2. The SMILES string of the molecule is O=C(CCCN1C(=O)C(=Cc2ccccc2)SC1=S)NCCc1c[nH]c2ccc(F)cc12. The lowest BCUT2D eigenvalue weighted by Gasteiger charge is -2.14. The Morgan fingerprint density at radius 3 is 2.84 bits per heavy atom. The molecule has 1 aliphatic heterocycles. The maximum atomic E-state index is 13.5. The highest BCUT2D eigenvalue weighted by molar-refractivity contribution is 8.26. The average molecular weight is 468 g/mol. The molecule has 0 unspecified atom stereocenters. The third-order valence-corrected chi connectivity index (χ3v) is 6.58. The summed E-state index contributed by atoms with van der Waals surface area (Å²) < 4.78 is 14.0. The van der Waals surface area contributed by atoms with Gasteiger partial charge in [0.05, 0.1) is 4.91 Å². The fraction of sp³-hybridized carbons (Fsp3) is 0.208. The Morgan fingerprint density at radius 1 is 1.22 bits per heavy atom. The summed E-state index contributed by atoms with van der Waals surface area (Å²) in [5, 5.41) is 3.72. The number of halogens is 1. The van der Waals surface area contributed by atoms with Crippen LogP contribution in [0.4, 0.5) is 4.39 Å². The molecule has 4 rings (SSSR count). The molecule has 0 radical (unpaired) electrons. The lowest BCUT2D eigenvalue weighted by molar-refractivity contribution is -0.123. The van der Waals surface area contributed by atoms with Crippen molar-refractivity contribution in [2.75, 3.05) is 13.1 Å². The van der Waals surface area contributed by atoms with E-state index in [0.717, 1.165) is 22.0 Å². The number of carbonyl (C=O) groups excluding carboxylic acids is 2. The zero-order chi connectivity index (χ0) is 22.5. The van der Waals surface area contributed by atoms with Crippen molar-refractivity contribution in [3.63, 3.8) is 0 Å². The number of fused-ring (bicyclic) bond motifs is 1. The minimum absolute atomic E-state index is 0.0821. The van der Waals surface area contributed by atoms with Crippen LogP contribution >= 0.6 is 24.0 Å². The van der Waals surface area contributed by atoms with Crippen LogP contribution in [0.3, 0.4) is 0 Å². The summed E-state index contributed by atoms with van der Waals surface area (Å²) in [6.45, 7) is 0.870. The molecule has 1 fully saturated rings. The maximum absolute atomic E-state index is 13.5. The highest BCUT2D eigenvalue weighted by Gasteiger charge is 2.31. The second-order valence-electron chi connectivity index (χ2n) is 7.45. The van der Waals surface area contributed by atoms with Gasteiger partial charge in [-0.2, -0.15) is 0 Å². The van der Waals surface area contributed by atoms with Crippen molar-refractivity contribution in [3.05, 3.63) is 76.6 Å². The number of nitrogens with zero attached hydrogens (tertiary/aromatic N) is 1. The van der Waals surface area contributed by atoms with Gasteiger partial charge in [-0.05, 0) is 48.2 Å². The number of nitrogens with one attached hydrogen (secondary N) is 2. The van der Waals surface area contributed by atoms with Crippen molar-refractivity contribution in [1.82, 2.24) is 15.2 Å². The number of carbonyl (C=O) groups is 2. The molecule has 2 N–H and O–H groups in total. The number of aromatic amines is 1. The molecule has 1 saturated heterocycles. The number of aromatic nitrogens is 1. The first-order valence-corrected chi connectivity index (χ1v) is 11.6. The molecule has 164 valence electrons. The van der Waals surface area contributed by atoms with Crippen molar-refractivity contribution in [2.45, 2.75) is 19.3 Å². The van der Waals surface area contributed by atoms with Gasteiger partial charge in [-0.3, -0.25) is 14.5 Å². The molecule has 3 aromatic rings. The van der Waals surface area contributed by atoms with Crippen LogP contribution in [0.2, 0.25) is 0 Å². The number of hydrogen-bond donors (Lipinski definition) is 2. The third kappa shape index (κ3) is 5.26. The lowest BCUT2D eigenvalue weighted by atomic mass is 10.1. The van der Waals surface area contributed by atoms with Crippen LogP contribution in [-0.4, -0.2) is 39.1 Å².